The number of halogens is 6. The molecule has 2 heterocycles. The Morgan fingerprint density at radius 3 is 1.29 bits per heavy atom. The standard InChI is InChI=1S/C23H14F6S2/c1-19-15(11-7-3-5-9-13(11)30-19)17-18(22(26,27)23(28,29)21(17,24)25)16-12-8-4-6-10-14(12)31-20(16,19)2/h3-10H,1-2H3/t19-,20?/m1/s1. The Hall–Kier alpha value is -1.80. The second-order valence-corrected chi connectivity index (χ2v) is 11.4. The van der Waals surface area contributed by atoms with E-state index in [9.17, 15) is 8.78 Å². The average Bonchev–Trinajstić information content (AvgIpc) is 3.21. The minimum atomic E-state index is -5.53. The summed E-state index contributed by atoms with van der Waals surface area (Å²) in [5, 5.41) is 0. The second-order valence-electron chi connectivity index (χ2n) is 8.49. The van der Waals surface area contributed by atoms with Crippen molar-refractivity contribution < 1.29 is 26.3 Å². The van der Waals surface area contributed by atoms with E-state index in [1.54, 1.807) is 62.4 Å². The van der Waals surface area contributed by atoms with E-state index in [-0.39, 0.29) is 11.1 Å². The lowest BCUT2D eigenvalue weighted by Crippen LogP contribution is -2.47. The maximum Gasteiger partial charge on any atom is 0.380 e. The molecule has 1 saturated carbocycles. The highest BCUT2D eigenvalue weighted by atomic mass is 32.2. The highest BCUT2D eigenvalue weighted by Crippen LogP contribution is 2.77. The number of allylic oxidation sites excluding steroid dienone is 2. The number of hydrogen-bond acceptors (Lipinski definition) is 2. The van der Waals surface area contributed by atoms with E-state index in [0.29, 0.717) is 20.9 Å². The first-order valence-electron chi connectivity index (χ1n) is 9.61. The molecule has 0 spiro atoms. The summed E-state index contributed by atoms with van der Waals surface area (Å²) in [7, 11) is 0. The molecule has 0 N–H and O–H groups in total. The van der Waals surface area contributed by atoms with Crippen LogP contribution in [-0.2, 0) is 0 Å². The van der Waals surface area contributed by atoms with Gasteiger partial charge in [0, 0.05) is 20.9 Å². The van der Waals surface area contributed by atoms with E-state index in [0.717, 1.165) is 0 Å². The van der Waals surface area contributed by atoms with Gasteiger partial charge >= 0.3 is 17.8 Å². The maximum atomic E-state index is 15.3. The molecule has 0 aromatic heterocycles. The molecular formula is C23H14F6S2. The SMILES string of the molecule is CC12Sc3ccccc3C1=C1C(=C3c4ccccc4S[C@]32C)C(F)(F)C(F)(F)C1(F)F. The van der Waals surface area contributed by atoms with Gasteiger partial charge in [0.1, 0.15) is 0 Å². The van der Waals surface area contributed by atoms with Gasteiger partial charge in [-0.1, -0.05) is 36.4 Å². The fourth-order valence-corrected chi connectivity index (χ4v) is 8.59. The number of fused-ring (bicyclic) bond motifs is 8. The van der Waals surface area contributed by atoms with Crippen molar-refractivity contribution in [2.75, 3.05) is 0 Å². The predicted octanol–water partition coefficient (Wildman–Crippen LogP) is 7.56. The number of alkyl halides is 6. The van der Waals surface area contributed by atoms with Crippen molar-refractivity contribution in [2.45, 2.75) is 50.9 Å². The van der Waals surface area contributed by atoms with Gasteiger partial charge in [-0.2, -0.15) is 26.3 Å². The van der Waals surface area contributed by atoms with Gasteiger partial charge in [-0.15, -0.1) is 23.5 Å². The molecule has 0 nitrogen and oxygen atoms in total. The van der Waals surface area contributed by atoms with Crippen molar-refractivity contribution in [3.8, 4) is 0 Å². The first kappa shape index (κ1) is 19.9. The summed E-state index contributed by atoms with van der Waals surface area (Å²) < 4.78 is 88.3. The highest BCUT2D eigenvalue weighted by molar-refractivity contribution is 8.06. The number of thioether (sulfide) groups is 2. The third-order valence-electron chi connectivity index (χ3n) is 6.97. The van der Waals surface area contributed by atoms with Gasteiger partial charge in [0.15, 0.2) is 0 Å². The van der Waals surface area contributed by atoms with Crippen molar-refractivity contribution in [2.24, 2.45) is 0 Å². The largest absolute Gasteiger partial charge is 0.380 e. The van der Waals surface area contributed by atoms with Crippen molar-refractivity contribution in [3.05, 3.63) is 70.8 Å². The van der Waals surface area contributed by atoms with Gasteiger partial charge in [0.2, 0.25) is 0 Å². The van der Waals surface area contributed by atoms with Crippen LogP contribution in [0.3, 0.4) is 0 Å². The minimum Gasteiger partial charge on any atom is -0.194 e. The molecule has 8 heteroatoms. The van der Waals surface area contributed by atoms with Crippen molar-refractivity contribution in [1.82, 2.24) is 0 Å². The van der Waals surface area contributed by atoms with E-state index < -0.39 is 38.4 Å². The first-order valence-corrected chi connectivity index (χ1v) is 11.2. The fraction of sp³-hybridized carbons (Fsp3) is 0.304. The summed E-state index contributed by atoms with van der Waals surface area (Å²) >= 11 is 2.56. The Morgan fingerprint density at radius 1 is 0.548 bits per heavy atom. The predicted molar refractivity (Wildman–Crippen MR) is 110 cm³/mol. The quantitative estimate of drug-likeness (QED) is 0.366. The van der Waals surface area contributed by atoms with Crippen LogP contribution in [-0.4, -0.2) is 27.3 Å². The number of hydrogen-bond donors (Lipinski definition) is 0. The monoisotopic (exact) mass is 468 g/mol. The molecule has 0 saturated heterocycles. The Morgan fingerprint density at radius 2 is 0.903 bits per heavy atom. The summed E-state index contributed by atoms with van der Waals surface area (Å²) in [4.78, 5) is 1.25. The lowest BCUT2D eigenvalue weighted by atomic mass is 9.68. The summed E-state index contributed by atoms with van der Waals surface area (Å²) in [6.45, 7) is 3.42. The van der Waals surface area contributed by atoms with Crippen LogP contribution < -0.4 is 0 Å². The minimum absolute atomic E-state index is 0.100. The van der Waals surface area contributed by atoms with Crippen molar-refractivity contribution >= 4 is 34.7 Å². The Bertz CT molecular complexity index is 1160. The van der Waals surface area contributed by atoms with E-state index >= 15 is 17.6 Å². The summed E-state index contributed by atoms with van der Waals surface area (Å²) in [5.41, 5.74) is -1.95. The Kier molecular flexibility index (Phi) is 3.45. The molecule has 4 aliphatic rings. The van der Waals surface area contributed by atoms with E-state index in [1.165, 1.54) is 23.5 Å². The van der Waals surface area contributed by atoms with Gasteiger partial charge in [0.25, 0.3) is 0 Å². The van der Waals surface area contributed by atoms with Gasteiger partial charge < -0.3 is 0 Å². The molecule has 160 valence electrons. The second kappa shape index (κ2) is 5.39. The van der Waals surface area contributed by atoms with Crippen LogP contribution in [0.5, 0.6) is 0 Å². The molecule has 1 fully saturated rings. The lowest BCUT2D eigenvalue weighted by Gasteiger charge is -2.47. The van der Waals surface area contributed by atoms with Crippen molar-refractivity contribution in [1.29, 1.82) is 0 Å². The topological polar surface area (TPSA) is 0 Å². The average molecular weight is 468 g/mol. The van der Waals surface area contributed by atoms with Crippen LogP contribution in [0.25, 0.3) is 11.1 Å². The third kappa shape index (κ3) is 1.89. The lowest BCUT2D eigenvalue weighted by molar-refractivity contribution is -0.257. The molecular weight excluding hydrogens is 454 g/mol. The molecule has 0 bridgehead atoms. The zero-order valence-electron chi connectivity index (χ0n) is 16.2. The van der Waals surface area contributed by atoms with Gasteiger partial charge in [-0.3, -0.25) is 0 Å². The molecule has 2 atom stereocenters. The molecule has 0 amide bonds. The molecule has 2 aliphatic carbocycles. The Labute approximate surface area is 182 Å². The molecule has 31 heavy (non-hydrogen) atoms. The third-order valence-corrected chi connectivity index (χ3v) is 10.3. The molecule has 6 rings (SSSR count). The zero-order valence-corrected chi connectivity index (χ0v) is 17.8. The van der Waals surface area contributed by atoms with Crippen LogP contribution in [0.2, 0.25) is 0 Å². The van der Waals surface area contributed by atoms with Crippen molar-refractivity contribution in [3.63, 3.8) is 0 Å². The number of benzene rings is 2. The van der Waals surface area contributed by atoms with Crippen LogP contribution in [0.4, 0.5) is 26.3 Å². The maximum absolute atomic E-state index is 15.3. The van der Waals surface area contributed by atoms with Crippen LogP contribution >= 0.6 is 23.5 Å². The summed E-state index contributed by atoms with van der Waals surface area (Å²) in [5.74, 6) is -15.5. The molecule has 0 radical (unpaired) electrons. The van der Waals surface area contributed by atoms with E-state index in [2.05, 4.69) is 0 Å². The van der Waals surface area contributed by atoms with Gasteiger partial charge in [-0.25, -0.2) is 0 Å². The molecule has 1 unspecified atom stereocenters. The highest BCUT2D eigenvalue weighted by Gasteiger charge is 2.84. The van der Waals surface area contributed by atoms with E-state index in [4.69, 9.17) is 0 Å². The summed E-state index contributed by atoms with van der Waals surface area (Å²) in [6.07, 6.45) is 0. The van der Waals surface area contributed by atoms with E-state index in [1.807, 2.05) is 0 Å². The van der Waals surface area contributed by atoms with Crippen LogP contribution in [0.1, 0.15) is 25.0 Å². The molecule has 2 aromatic rings. The van der Waals surface area contributed by atoms with Crippen LogP contribution in [0, 0.1) is 0 Å². The Balaban J connectivity index is 1.86. The van der Waals surface area contributed by atoms with Gasteiger partial charge in [0.05, 0.1) is 9.49 Å². The smallest absolute Gasteiger partial charge is 0.194 e. The molecule has 2 aromatic carbocycles. The molecule has 2 aliphatic heterocycles. The normalized spacial score (nSPS) is 33.0. The fourth-order valence-electron chi connectivity index (χ4n) is 5.39. The zero-order chi connectivity index (χ0) is 22.2. The van der Waals surface area contributed by atoms with Crippen LogP contribution in [0.15, 0.2) is 69.5 Å². The number of rotatable bonds is 0. The van der Waals surface area contributed by atoms with Gasteiger partial charge in [-0.05, 0) is 48.3 Å². The first-order chi connectivity index (χ1) is 14.4. The summed E-state index contributed by atoms with van der Waals surface area (Å²) in [6, 6.07) is 13.2.